The maximum atomic E-state index is 12.5. The molecule has 0 aliphatic heterocycles. The number of fused-ring (bicyclic) bond motifs is 1. The first-order valence-corrected chi connectivity index (χ1v) is 10.0. The Morgan fingerprint density at radius 3 is 2.41 bits per heavy atom. The van der Waals surface area contributed by atoms with Crippen LogP contribution >= 0.6 is 15.9 Å². The Kier molecular flexibility index (Phi) is 6.59. The van der Waals surface area contributed by atoms with Gasteiger partial charge in [0.1, 0.15) is 22.7 Å². The van der Waals surface area contributed by atoms with Crippen LogP contribution in [0, 0.1) is 6.92 Å². The van der Waals surface area contributed by atoms with Crippen molar-refractivity contribution in [2.45, 2.75) is 26.9 Å². The largest absolute Gasteiger partial charge is 0.473 e. The summed E-state index contributed by atoms with van der Waals surface area (Å²) in [5, 5.41) is 0.551. The van der Waals surface area contributed by atoms with Crippen LogP contribution < -0.4 is 4.74 Å². The van der Waals surface area contributed by atoms with E-state index in [-0.39, 0.29) is 13.2 Å². The average molecular weight is 461 g/mol. The molecule has 0 spiro atoms. The summed E-state index contributed by atoms with van der Waals surface area (Å²) in [6.45, 7) is 5.67. The lowest BCUT2D eigenvalue weighted by molar-refractivity contribution is -0.151. The Balaban J connectivity index is 2.05. The highest BCUT2D eigenvalue weighted by Gasteiger charge is 2.27. The van der Waals surface area contributed by atoms with Crippen molar-refractivity contribution >= 4 is 38.8 Å². The summed E-state index contributed by atoms with van der Waals surface area (Å²) in [6, 6.07) is 12.4. The molecule has 6 nitrogen and oxygen atoms in total. The second kappa shape index (κ2) is 9.13. The van der Waals surface area contributed by atoms with Gasteiger partial charge in [0.05, 0.1) is 17.7 Å². The molecule has 3 rings (SSSR count). The van der Waals surface area contributed by atoms with Gasteiger partial charge in [-0.25, -0.2) is 9.59 Å². The fourth-order valence-corrected chi connectivity index (χ4v) is 3.41. The molecule has 29 heavy (non-hydrogen) atoms. The van der Waals surface area contributed by atoms with Gasteiger partial charge in [0, 0.05) is 10.9 Å². The zero-order chi connectivity index (χ0) is 21.0. The van der Waals surface area contributed by atoms with Crippen LogP contribution in [0.15, 0.2) is 51.4 Å². The van der Waals surface area contributed by atoms with Gasteiger partial charge in [0.2, 0.25) is 6.10 Å². The maximum absolute atomic E-state index is 12.5. The lowest BCUT2D eigenvalue weighted by atomic mass is 10.1. The third kappa shape index (κ3) is 4.45. The van der Waals surface area contributed by atoms with E-state index >= 15 is 0 Å². The molecular formula is C22H21BrO6. The number of aryl methyl sites for hydroxylation is 1. The van der Waals surface area contributed by atoms with Crippen LogP contribution in [0.1, 0.15) is 41.6 Å². The van der Waals surface area contributed by atoms with Gasteiger partial charge in [-0.15, -0.1) is 0 Å². The summed E-state index contributed by atoms with van der Waals surface area (Å²) in [4.78, 5) is 24.9. The maximum Gasteiger partial charge on any atom is 0.352 e. The van der Waals surface area contributed by atoms with Gasteiger partial charge in [-0.2, -0.15) is 0 Å². The first kappa shape index (κ1) is 20.9. The van der Waals surface area contributed by atoms with Gasteiger partial charge in [-0.05, 0) is 48.8 Å². The summed E-state index contributed by atoms with van der Waals surface area (Å²) in [7, 11) is 0. The number of esters is 2. The number of rotatable bonds is 7. The second-order valence-corrected chi connectivity index (χ2v) is 7.05. The number of benzene rings is 2. The third-order valence-corrected chi connectivity index (χ3v) is 4.87. The molecule has 0 aliphatic rings. The molecule has 0 radical (unpaired) electrons. The normalized spacial score (nSPS) is 11.9. The van der Waals surface area contributed by atoms with Crippen LogP contribution in [-0.2, 0) is 14.3 Å². The van der Waals surface area contributed by atoms with Crippen LogP contribution in [-0.4, -0.2) is 25.2 Å². The Labute approximate surface area is 176 Å². The molecule has 0 saturated carbocycles. The van der Waals surface area contributed by atoms with Gasteiger partial charge in [0.15, 0.2) is 0 Å². The number of ether oxygens (including phenoxy) is 3. The topological polar surface area (TPSA) is 75.0 Å². The SMILES string of the molecule is CCOC(=O)c1c(C)oc2cc(Br)c(O[C@H](C(=O)OCC)c3ccccc3)cc12. The highest BCUT2D eigenvalue weighted by molar-refractivity contribution is 9.10. The quantitative estimate of drug-likeness (QED) is 0.441. The Hall–Kier alpha value is -2.80. The van der Waals surface area contributed by atoms with Gasteiger partial charge in [-0.3, -0.25) is 0 Å². The number of furan rings is 1. The highest BCUT2D eigenvalue weighted by atomic mass is 79.9. The van der Waals surface area contributed by atoms with Gasteiger partial charge >= 0.3 is 11.9 Å². The van der Waals surface area contributed by atoms with Crippen molar-refractivity contribution in [1.29, 1.82) is 0 Å². The lowest BCUT2D eigenvalue weighted by Crippen LogP contribution is -2.21. The molecule has 1 atom stereocenters. The zero-order valence-corrected chi connectivity index (χ0v) is 17.9. The van der Waals surface area contributed by atoms with Crippen molar-refractivity contribution in [1.82, 2.24) is 0 Å². The van der Waals surface area contributed by atoms with E-state index < -0.39 is 18.0 Å². The molecule has 3 aromatic rings. The van der Waals surface area contributed by atoms with Crippen LogP contribution in [0.3, 0.4) is 0 Å². The average Bonchev–Trinajstić information content (AvgIpc) is 3.01. The van der Waals surface area contributed by atoms with Crippen molar-refractivity contribution in [2.24, 2.45) is 0 Å². The molecule has 152 valence electrons. The summed E-state index contributed by atoms with van der Waals surface area (Å²) in [5.41, 5.74) is 1.51. The fourth-order valence-electron chi connectivity index (χ4n) is 2.99. The van der Waals surface area contributed by atoms with Gasteiger partial charge < -0.3 is 18.6 Å². The minimum atomic E-state index is -0.955. The standard InChI is InChI=1S/C22H21BrO6/c1-4-26-21(24)19-13(3)28-17-12-16(23)18(11-15(17)19)29-20(22(25)27-5-2)14-9-7-6-8-10-14/h6-12,20H,4-5H2,1-3H3/t20-/m0/s1. The first-order chi connectivity index (χ1) is 14.0. The Morgan fingerprint density at radius 1 is 1.07 bits per heavy atom. The predicted octanol–water partition coefficient (Wildman–Crippen LogP) is 5.36. The Morgan fingerprint density at radius 2 is 1.76 bits per heavy atom. The lowest BCUT2D eigenvalue weighted by Gasteiger charge is -2.19. The number of carbonyl (C=O) groups is 2. The molecule has 7 heteroatoms. The molecule has 0 amide bonds. The van der Waals surface area contributed by atoms with E-state index in [4.69, 9.17) is 18.6 Å². The molecule has 0 fully saturated rings. The molecule has 0 N–H and O–H groups in total. The van der Waals surface area contributed by atoms with Crippen LogP contribution in [0.25, 0.3) is 11.0 Å². The second-order valence-electron chi connectivity index (χ2n) is 6.19. The van der Waals surface area contributed by atoms with Crippen LogP contribution in [0.5, 0.6) is 5.75 Å². The van der Waals surface area contributed by atoms with Crippen molar-refractivity contribution < 1.29 is 28.2 Å². The molecule has 0 unspecified atom stereocenters. The summed E-state index contributed by atoms with van der Waals surface area (Å²) < 4.78 is 22.6. The number of halogens is 1. The monoisotopic (exact) mass is 460 g/mol. The van der Waals surface area contributed by atoms with E-state index in [2.05, 4.69) is 15.9 Å². The van der Waals surface area contributed by atoms with Crippen molar-refractivity contribution in [3.8, 4) is 5.75 Å². The van der Waals surface area contributed by atoms with E-state index in [1.807, 2.05) is 18.2 Å². The summed E-state index contributed by atoms with van der Waals surface area (Å²) in [6.07, 6.45) is -0.955. The van der Waals surface area contributed by atoms with E-state index in [1.165, 1.54) is 0 Å². The van der Waals surface area contributed by atoms with Crippen molar-refractivity contribution in [3.05, 3.63) is 63.8 Å². The minimum absolute atomic E-state index is 0.236. The van der Waals surface area contributed by atoms with E-state index in [0.29, 0.717) is 38.1 Å². The van der Waals surface area contributed by atoms with Gasteiger partial charge in [-0.1, -0.05) is 30.3 Å². The van der Waals surface area contributed by atoms with Gasteiger partial charge in [0.25, 0.3) is 0 Å². The Bertz CT molecular complexity index is 1020. The summed E-state index contributed by atoms with van der Waals surface area (Å²) in [5.74, 6) is -0.139. The number of hydrogen-bond acceptors (Lipinski definition) is 6. The third-order valence-electron chi connectivity index (χ3n) is 4.25. The van der Waals surface area contributed by atoms with Crippen molar-refractivity contribution in [2.75, 3.05) is 13.2 Å². The molecular weight excluding hydrogens is 440 g/mol. The van der Waals surface area contributed by atoms with E-state index in [9.17, 15) is 9.59 Å². The smallest absolute Gasteiger partial charge is 0.352 e. The number of hydrogen-bond donors (Lipinski definition) is 0. The molecule has 0 saturated heterocycles. The number of carbonyl (C=O) groups excluding carboxylic acids is 2. The first-order valence-electron chi connectivity index (χ1n) is 9.24. The molecule has 0 aliphatic carbocycles. The fraction of sp³-hybridized carbons (Fsp3) is 0.273. The predicted molar refractivity (Wildman–Crippen MR) is 111 cm³/mol. The van der Waals surface area contributed by atoms with Crippen LogP contribution in [0.4, 0.5) is 0 Å². The summed E-state index contributed by atoms with van der Waals surface area (Å²) >= 11 is 3.45. The van der Waals surface area contributed by atoms with E-state index in [0.717, 1.165) is 0 Å². The molecule has 2 aromatic carbocycles. The highest BCUT2D eigenvalue weighted by Crippen LogP contribution is 2.37. The van der Waals surface area contributed by atoms with Crippen molar-refractivity contribution in [3.63, 3.8) is 0 Å². The molecule has 1 aromatic heterocycles. The van der Waals surface area contributed by atoms with Crippen LogP contribution in [0.2, 0.25) is 0 Å². The minimum Gasteiger partial charge on any atom is -0.473 e. The molecule has 1 heterocycles. The van der Waals surface area contributed by atoms with E-state index in [1.54, 1.807) is 45.0 Å². The molecule has 0 bridgehead atoms. The zero-order valence-electron chi connectivity index (χ0n) is 16.4.